The van der Waals surface area contributed by atoms with E-state index in [9.17, 15) is 19.2 Å². The number of carbonyl (C=O) groups is 4. The number of piperidine rings is 1. The van der Waals surface area contributed by atoms with Crippen molar-refractivity contribution in [2.24, 2.45) is 0 Å². The van der Waals surface area contributed by atoms with Crippen LogP contribution in [0, 0.1) is 0 Å². The van der Waals surface area contributed by atoms with Gasteiger partial charge in [-0.05, 0) is 45.6 Å². The van der Waals surface area contributed by atoms with E-state index in [1.165, 1.54) is 9.80 Å². The summed E-state index contributed by atoms with van der Waals surface area (Å²) in [5.74, 6) is -0.683. The molecule has 4 rings (SSSR count). The number of ether oxygens (including phenoxy) is 2. The van der Waals surface area contributed by atoms with Crippen LogP contribution in [0.1, 0.15) is 45.6 Å². The lowest BCUT2D eigenvalue weighted by molar-refractivity contribution is -0.142. The molecule has 4 amide bonds. The van der Waals surface area contributed by atoms with E-state index in [-0.39, 0.29) is 31.5 Å². The van der Waals surface area contributed by atoms with E-state index in [4.69, 9.17) is 9.47 Å². The Morgan fingerprint density at radius 1 is 1.11 bits per heavy atom. The van der Waals surface area contributed by atoms with Crippen molar-refractivity contribution < 1.29 is 28.7 Å². The summed E-state index contributed by atoms with van der Waals surface area (Å²) in [6.45, 7) is 5.72. The zero-order chi connectivity index (χ0) is 25.2. The van der Waals surface area contributed by atoms with E-state index in [1.54, 1.807) is 26.8 Å². The lowest BCUT2D eigenvalue weighted by Crippen LogP contribution is -2.63. The maximum absolute atomic E-state index is 13.1. The third-order valence-corrected chi connectivity index (χ3v) is 6.17. The van der Waals surface area contributed by atoms with Gasteiger partial charge in [-0.3, -0.25) is 14.5 Å². The molecule has 9 nitrogen and oxygen atoms in total. The number of rotatable bonds is 4. The number of amides is 4. The molecule has 1 aromatic carbocycles. The minimum absolute atomic E-state index is 0.0785. The zero-order valence-electron chi connectivity index (χ0n) is 20.3. The Morgan fingerprint density at radius 2 is 1.86 bits per heavy atom. The van der Waals surface area contributed by atoms with Gasteiger partial charge in [-0.25, -0.2) is 9.59 Å². The van der Waals surface area contributed by atoms with Crippen LogP contribution in [0.5, 0.6) is 0 Å². The molecule has 1 fully saturated rings. The molecule has 1 aromatic rings. The van der Waals surface area contributed by atoms with Gasteiger partial charge in [0.15, 0.2) is 0 Å². The van der Waals surface area contributed by atoms with Crippen LogP contribution in [-0.4, -0.2) is 64.6 Å². The number of benzene rings is 1. The first-order valence-corrected chi connectivity index (χ1v) is 11.9. The van der Waals surface area contributed by atoms with Crippen LogP contribution in [0.2, 0.25) is 0 Å². The van der Waals surface area contributed by atoms with Gasteiger partial charge in [-0.1, -0.05) is 42.5 Å². The molecule has 2 heterocycles. The van der Waals surface area contributed by atoms with E-state index in [0.717, 1.165) is 5.56 Å². The fourth-order valence-electron chi connectivity index (χ4n) is 4.58. The molecule has 0 spiro atoms. The second-order valence-corrected chi connectivity index (χ2v) is 9.91. The monoisotopic (exact) mass is 481 g/mol. The summed E-state index contributed by atoms with van der Waals surface area (Å²) in [6.07, 6.45) is 3.91. The highest BCUT2D eigenvalue weighted by atomic mass is 16.6. The third kappa shape index (κ3) is 5.55. The SMILES string of the molecule is CC(C)(C)OC(=O)N[C@H]1CN(C(=O)OCc2ccccc2)CC[C@H]1N1C(=O)C2=C(CCC=C2)C1=O. The van der Waals surface area contributed by atoms with E-state index >= 15 is 0 Å². The van der Waals surface area contributed by atoms with Crippen molar-refractivity contribution in [3.8, 4) is 0 Å². The van der Waals surface area contributed by atoms with Gasteiger partial charge in [0.1, 0.15) is 12.2 Å². The summed E-state index contributed by atoms with van der Waals surface area (Å²) >= 11 is 0. The summed E-state index contributed by atoms with van der Waals surface area (Å²) in [5.41, 5.74) is 1.06. The van der Waals surface area contributed by atoms with Crippen molar-refractivity contribution >= 4 is 24.0 Å². The molecule has 3 aliphatic rings. The Morgan fingerprint density at radius 3 is 2.54 bits per heavy atom. The highest BCUT2D eigenvalue weighted by molar-refractivity contribution is 6.21. The average Bonchev–Trinajstić information content (AvgIpc) is 3.07. The predicted molar refractivity (Wildman–Crippen MR) is 127 cm³/mol. The van der Waals surface area contributed by atoms with E-state index < -0.39 is 29.9 Å². The van der Waals surface area contributed by atoms with E-state index in [2.05, 4.69) is 5.32 Å². The number of nitrogens with zero attached hydrogens (tertiary/aromatic N) is 2. The second-order valence-electron chi connectivity index (χ2n) is 9.91. The molecule has 1 aliphatic carbocycles. The molecule has 0 radical (unpaired) electrons. The quantitative estimate of drug-likeness (QED) is 0.662. The van der Waals surface area contributed by atoms with Crippen LogP contribution in [0.25, 0.3) is 0 Å². The minimum Gasteiger partial charge on any atom is -0.445 e. The Labute approximate surface area is 204 Å². The number of hydrogen-bond donors (Lipinski definition) is 1. The van der Waals surface area contributed by atoms with E-state index in [0.29, 0.717) is 30.4 Å². The van der Waals surface area contributed by atoms with Crippen molar-refractivity contribution in [2.75, 3.05) is 13.1 Å². The first kappa shape index (κ1) is 24.5. The first-order valence-electron chi connectivity index (χ1n) is 11.9. The Bertz CT molecular complexity index is 1070. The number of imide groups is 1. The van der Waals surface area contributed by atoms with Crippen LogP contribution < -0.4 is 5.32 Å². The minimum atomic E-state index is -0.729. The molecule has 35 heavy (non-hydrogen) atoms. The largest absolute Gasteiger partial charge is 0.445 e. The summed E-state index contributed by atoms with van der Waals surface area (Å²) in [4.78, 5) is 54.4. The third-order valence-electron chi connectivity index (χ3n) is 6.17. The highest BCUT2D eigenvalue weighted by Gasteiger charge is 2.47. The summed E-state index contributed by atoms with van der Waals surface area (Å²) in [6, 6.07) is 8.01. The Balaban J connectivity index is 1.49. The maximum atomic E-state index is 13.1. The van der Waals surface area contributed by atoms with Gasteiger partial charge in [0, 0.05) is 24.2 Å². The van der Waals surface area contributed by atoms with Gasteiger partial charge in [0.25, 0.3) is 11.8 Å². The van der Waals surface area contributed by atoms with Crippen LogP contribution in [0.3, 0.4) is 0 Å². The number of likely N-dealkylation sites (tertiary alicyclic amines) is 1. The molecule has 1 N–H and O–H groups in total. The molecular weight excluding hydrogens is 450 g/mol. The molecule has 2 atom stereocenters. The molecule has 1 saturated heterocycles. The van der Waals surface area contributed by atoms with Gasteiger partial charge >= 0.3 is 12.2 Å². The van der Waals surface area contributed by atoms with Crippen molar-refractivity contribution in [3.05, 3.63) is 59.2 Å². The van der Waals surface area contributed by atoms with Gasteiger partial charge in [-0.2, -0.15) is 0 Å². The van der Waals surface area contributed by atoms with Gasteiger partial charge in [-0.15, -0.1) is 0 Å². The van der Waals surface area contributed by atoms with E-state index in [1.807, 2.05) is 36.4 Å². The predicted octanol–water partition coefficient (Wildman–Crippen LogP) is 3.31. The lowest BCUT2D eigenvalue weighted by Gasteiger charge is -2.41. The molecule has 0 bridgehead atoms. The maximum Gasteiger partial charge on any atom is 0.410 e. The average molecular weight is 482 g/mol. The number of nitrogens with one attached hydrogen (secondary N) is 1. The van der Waals surface area contributed by atoms with Crippen LogP contribution >= 0.6 is 0 Å². The van der Waals surface area contributed by atoms with Crippen molar-refractivity contribution in [1.82, 2.24) is 15.1 Å². The van der Waals surface area contributed by atoms with Gasteiger partial charge in [0.2, 0.25) is 0 Å². The Kier molecular flexibility index (Phi) is 6.95. The second kappa shape index (κ2) is 9.93. The van der Waals surface area contributed by atoms with Crippen molar-refractivity contribution in [3.63, 3.8) is 0 Å². The van der Waals surface area contributed by atoms with Crippen molar-refractivity contribution in [2.45, 2.75) is 64.3 Å². The standard InChI is InChI=1S/C26H31N3O6/c1-26(2,3)35-24(32)27-20-15-28(25(33)34-16-17-9-5-4-6-10-17)14-13-21(20)29-22(30)18-11-7-8-12-19(18)23(29)31/h4-7,9-11,20-21H,8,12-16H2,1-3H3,(H,27,32)/t20-,21+/m0/s1. The van der Waals surface area contributed by atoms with Gasteiger partial charge < -0.3 is 19.7 Å². The lowest BCUT2D eigenvalue weighted by atomic mass is 9.97. The summed E-state index contributed by atoms with van der Waals surface area (Å²) in [7, 11) is 0. The highest BCUT2D eigenvalue weighted by Crippen LogP contribution is 2.33. The number of alkyl carbamates (subject to hydrolysis) is 1. The fourth-order valence-corrected chi connectivity index (χ4v) is 4.58. The number of carbonyl (C=O) groups excluding carboxylic acids is 4. The van der Waals surface area contributed by atoms with Crippen molar-refractivity contribution in [1.29, 1.82) is 0 Å². The normalized spacial score (nSPS) is 22.3. The molecule has 0 unspecified atom stereocenters. The molecule has 0 aromatic heterocycles. The fraction of sp³-hybridized carbons (Fsp3) is 0.462. The molecule has 0 saturated carbocycles. The summed E-state index contributed by atoms with van der Waals surface area (Å²) < 4.78 is 10.9. The van der Waals surface area contributed by atoms with Crippen LogP contribution in [0.4, 0.5) is 9.59 Å². The molecular formula is C26H31N3O6. The molecule has 9 heteroatoms. The topological polar surface area (TPSA) is 105 Å². The molecule has 186 valence electrons. The Hall–Kier alpha value is -3.62. The number of allylic oxidation sites excluding steroid dienone is 1. The smallest absolute Gasteiger partial charge is 0.410 e. The number of hydrogen-bond acceptors (Lipinski definition) is 6. The first-order chi connectivity index (χ1) is 16.6. The van der Waals surface area contributed by atoms with Crippen LogP contribution in [0.15, 0.2) is 53.6 Å². The van der Waals surface area contributed by atoms with Gasteiger partial charge in [0.05, 0.1) is 12.1 Å². The summed E-state index contributed by atoms with van der Waals surface area (Å²) in [5, 5.41) is 2.79. The van der Waals surface area contributed by atoms with Crippen LogP contribution in [-0.2, 0) is 25.7 Å². The molecule has 2 aliphatic heterocycles. The zero-order valence-corrected chi connectivity index (χ0v) is 20.3.